The lowest BCUT2D eigenvalue weighted by Crippen LogP contribution is -2.29. The number of nitrogens with two attached hydrogens (primary N) is 2. The van der Waals surface area contributed by atoms with Crippen LogP contribution in [0.3, 0.4) is 0 Å². The molecule has 1 rings (SSSR count). The van der Waals surface area contributed by atoms with Gasteiger partial charge in [0.1, 0.15) is 0 Å². The van der Waals surface area contributed by atoms with Crippen molar-refractivity contribution in [1.82, 2.24) is 0 Å². The molecule has 0 spiro atoms. The Morgan fingerprint density at radius 1 is 1.40 bits per heavy atom. The molecule has 60 valence electrons. The van der Waals surface area contributed by atoms with Gasteiger partial charge in [0, 0.05) is 12.6 Å². The first-order chi connectivity index (χ1) is 4.83. The van der Waals surface area contributed by atoms with Crippen LogP contribution in [0, 0.1) is 5.92 Å². The molecule has 2 heteroatoms. The fraction of sp³-hybridized carbons (Fsp3) is 1.00. The maximum Gasteiger partial charge on any atom is 0.0163 e. The quantitative estimate of drug-likeness (QED) is 0.598. The lowest BCUT2D eigenvalue weighted by atomic mass is 10.1. The van der Waals surface area contributed by atoms with Gasteiger partial charge in [-0.1, -0.05) is 25.7 Å². The van der Waals surface area contributed by atoms with Crippen LogP contribution in [0.2, 0.25) is 0 Å². The van der Waals surface area contributed by atoms with Crippen LogP contribution in [0.15, 0.2) is 0 Å². The minimum absolute atomic E-state index is 0.249. The van der Waals surface area contributed by atoms with Crippen molar-refractivity contribution in [2.24, 2.45) is 17.4 Å². The van der Waals surface area contributed by atoms with E-state index in [1.165, 1.54) is 25.7 Å². The first-order valence-corrected chi connectivity index (χ1v) is 4.28. The molecule has 0 aromatic rings. The number of hydrogen-bond acceptors (Lipinski definition) is 2. The zero-order chi connectivity index (χ0) is 7.40. The smallest absolute Gasteiger partial charge is 0.0163 e. The first kappa shape index (κ1) is 8.02. The van der Waals surface area contributed by atoms with E-state index in [1.807, 2.05) is 0 Å². The van der Waals surface area contributed by atoms with Crippen molar-refractivity contribution < 1.29 is 0 Å². The van der Waals surface area contributed by atoms with Gasteiger partial charge in [-0.2, -0.15) is 0 Å². The molecule has 0 bridgehead atoms. The van der Waals surface area contributed by atoms with Gasteiger partial charge in [-0.05, 0) is 12.3 Å². The Morgan fingerprint density at radius 3 is 2.60 bits per heavy atom. The lowest BCUT2D eigenvalue weighted by molar-refractivity contribution is 0.549. The summed E-state index contributed by atoms with van der Waals surface area (Å²) in [7, 11) is 0. The molecule has 0 radical (unpaired) electrons. The standard InChI is InChI=1S/C8H18N2/c9-6-8(10)3-1-2-7-4-5-7/h7-8H,1-6,9-10H2. The van der Waals surface area contributed by atoms with Crippen molar-refractivity contribution in [3.05, 3.63) is 0 Å². The summed E-state index contributed by atoms with van der Waals surface area (Å²) in [6.07, 6.45) is 6.69. The Hall–Kier alpha value is -0.0800. The normalized spacial score (nSPS) is 21.0. The largest absolute Gasteiger partial charge is 0.329 e. The molecular weight excluding hydrogens is 124 g/mol. The highest BCUT2D eigenvalue weighted by Crippen LogP contribution is 2.33. The Kier molecular flexibility index (Phi) is 3.16. The minimum atomic E-state index is 0.249. The second-order valence-electron chi connectivity index (χ2n) is 3.37. The molecule has 4 N–H and O–H groups in total. The summed E-state index contributed by atoms with van der Waals surface area (Å²) in [4.78, 5) is 0. The van der Waals surface area contributed by atoms with Crippen molar-refractivity contribution in [3.8, 4) is 0 Å². The van der Waals surface area contributed by atoms with Crippen molar-refractivity contribution in [1.29, 1.82) is 0 Å². The zero-order valence-electron chi connectivity index (χ0n) is 6.55. The third-order valence-electron chi connectivity index (χ3n) is 2.19. The Morgan fingerprint density at radius 2 is 2.10 bits per heavy atom. The van der Waals surface area contributed by atoms with E-state index in [0.29, 0.717) is 6.54 Å². The topological polar surface area (TPSA) is 52.0 Å². The Labute approximate surface area is 63.0 Å². The molecule has 0 aromatic heterocycles. The van der Waals surface area contributed by atoms with Gasteiger partial charge in [0.05, 0.1) is 0 Å². The molecule has 0 amide bonds. The molecule has 0 saturated heterocycles. The van der Waals surface area contributed by atoms with Crippen molar-refractivity contribution in [3.63, 3.8) is 0 Å². The molecule has 0 heterocycles. The zero-order valence-corrected chi connectivity index (χ0v) is 6.55. The molecule has 1 aliphatic rings. The van der Waals surface area contributed by atoms with E-state index in [4.69, 9.17) is 11.5 Å². The van der Waals surface area contributed by atoms with Gasteiger partial charge in [-0.25, -0.2) is 0 Å². The van der Waals surface area contributed by atoms with Crippen LogP contribution in [0.4, 0.5) is 0 Å². The van der Waals surface area contributed by atoms with E-state index < -0.39 is 0 Å². The van der Waals surface area contributed by atoms with Gasteiger partial charge in [-0.15, -0.1) is 0 Å². The van der Waals surface area contributed by atoms with Crippen LogP contribution < -0.4 is 11.5 Å². The van der Waals surface area contributed by atoms with Crippen LogP contribution in [0.1, 0.15) is 32.1 Å². The first-order valence-electron chi connectivity index (χ1n) is 4.28. The molecule has 1 aliphatic carbocycles. The van der Waals surface area contributed by atoms with E-state index in [0.717, 1.165) is 12.3 Å². The average Bonchev–Trinajstić information content (AvgIpc) is 2.71. The minimum Gasteiger partial charge on any atom is -0.329 e. The maximum atomic E-state index is 5.65. The Bertz CT molecular complexity index is 89.3. The van der Waals surface area contributed by atoms with Crippen molar-refractivity contribution >= 4 is 0 Å². The van der Waals surface area contributed by atoms with Gasteiger partial charge < -0.3 is 11.5 Å². The molecule has 0 aliphatic heterocycles. The van der Waals surface area contributed by atoms with Gasteiger partial charge in [-0.3, -0.25) is 0 Å². The summed E-state index contributed by atoms with van der Waals surface area (Å²) < 4.78 is 0. The molecule has 2 nitrogen and oxygen atoms in total. The second kappa shape index (κ2) is 3.94. The fourth-order valence-corrected chi connectivity index (χ4v) is 1.19. The predicted octanol–water partition coefficient (Wildman–Crippen LogP) is 0.853. The van der Waals surface area contributed by atoms with Gasteiger partial charge in [0.15, 0.2) is 0 Å². The van der Waals surface area contributed by atoms with Crippen LogP contribution in [-0.2, 0) is 0 Å². The summed E-state index contributed by atoms with van der Waals surface area (Å²) in [6.45, 7) is 0.644. The summed E-state index contributed by atoms with van der Waals surface area (Å²) in [5.41, 5.74) is 11.0. The second-order valence-corrected chi connectivity index (χ2v) is 3.37. The van der Waals surface area contributed by atoms with Crippen LogP contribution >= 0.6 is 0 Å². The average molecular weight is 142 g/mol. The third kappa shape index (κ3) is 3.18. The van der Waals surface area contributed by atoms with E-state index in [9.17, 15) is 0 Å². The fourth-order valence-electron chi connectivity index (χ4n) is 1.19. The lowest BCUT2D eigenvalue weighted by Gasteiger charge is -2.06. The van der Waals surface area contributed by atoms with E-state index in [-0.39, 0.29) is 6.04 Å². The Balaban J connectivity index is 1.83. The highest BCUT2D eigenvalue weighted by molar-refractivity contribution is 4.73. The van der Waals surface area contributed by atoms with Gasteiger partial charge in [0.2, 0.25) is 0 Å². The highest BCUT2D eigenvalue weighted by Gasteiger charge is 2.20. The molecule has 1 fully saturated rings. The number of rotatable bonds is 5. The van der Waals surface area contributed by atoms with Gasteiger partial charge in [0.25, 0.3) is 0 Å². The van der Waals surface area contributed by atoms with E-state index in [1.54, 1.807) is 0 Å². The molecule has 0 aromatic carbocycles. The van der Waals surface area contributed by atoms with E-state index in [2.05, 4.69) is 0 Å². The van der Waals surface area contributed by atoms with Crippen LogP contribution in [-0.4, -0.2) is 12.6 Å². The van der Waals surface area contributed by atoms with E-state index >= 15 is 0 Å². The molecular formula is C8H18N2. The summed E-state index contributed by atoms with van der Waals surface area (Å²) >= 11 is 0. The third-order valence-corrected chi connectivity index (χ3v) is 2.19. The monoisotopic (exact) mass is 142 g/mol. The SMILES string of the molecule is NCC(N)CCCC1CC1. The van der Waals surface area contributed by atoms with Crippen molar-refractivity contribution in [2.45, 2.75) is 38.1 Å². The highest BCUT2D eigenvalue weighted by atomic mass is 14.7. The van der Waals surface area contributed by atoms with Gasteiger partial charge >= 0.3 is 0 Å². The summed E-state index contributed by atoms with van der Waals surface area (Å²) in [5.74, 6) is 1.05. The number of hydrogen-bond donors (Lipinski definition) is 2. The van der Waals surface area contributed by atoms with Crippen LogP contribution in [0.25, 0.3) is 0 Å². The molecule has 1 unspecified atom stereocenters. The molecule has 1 saturated carbocycles. The summed E-state index contributed by atoms with van der Waals surface area (Å²) in [5, 5.41) is 0. The van der Waals surface area contributed by atoms with Crippen molar-refractivity contribution in [2.75, 3.05) is 6.54 Å². The molecule has 10 heavy (non-hydrogen) atoms. The summed E-state index contributed by atoms with van der Waals surface area (Å²) in [6, 6.07) is 0.249. The van der Waals surface area contributed by atoms with Crippen LogP contribution in [0.5, 0.6) is 0 Å². The maximum absolute atomic E-state index is 5.65. The molecule has 1 atom stereocenters. The predicted molar refractivity (Wildman–Crippen MR) is 43.6 cm³/mol.